The molecular formula is C22H21N3O7S. The van der Waals surface area contributed by atoms with E-state index in [0.29, 0.717) is 30.5 Å². The zero-order chi connectivity index (χ0) is 23.3. The summed E-state index contributed by atoms with van der Waals surface area (Å²) < 4.78 is 44.0. The van der Waals surface area contributed by atoms with E-state index in [9.17, 15) is 18.0 Å². The van der Waals surface area contributed by atoms with Crippen molar-refractivity contribution < 1.29 is 31.9 Å². The molecule has 33 heavy (non-hydrogen) atoms. The molecule has 0 atom stereocenters. The molecule has 10 nitrogen and oxygen atoms in total. The van der Waals surface area contributed by atoms with Crippen LogP contribution in [-0.2, 0) is 21.4 Å². The van der Waals surface area contributed by atoms with Gasteiger partial charge < -0.3 is 24.5 Å². The average molecular weight is 471 g/mol. The van der Waals surface area contributed by atoms with E-state index in [2.05, 4.69) is 15.4 Å². The fourth-order valence-electron chi connectivity index (χ4n) is 3.05. The van der Waals surface area contributed by atoms with Gasteiger partial charge in [-0.05, 0) is 42.5 Å². The Hall–Kier alpha value is -3.99. The van der Waals surface area contributed by atoms with Crippen LogP contribution in [0.4, 0.5) is 5.69 Å². The van der Waals surface area contributed by atoms with Crippen molar-refractivity contribution in [2.75, 3.05) is 24.5 Å². The summed E-state index contributed by atoms with van der Waals surface area (Å²) in [5, 5.41) is 5.11. The standard InChI is InChI=1S/C22H21N3O7S/c26-21(23-13-17-5-2-8-30-17)14-24-22(27)15-3-1-4-16(11-15)25-33(28,29)18-6-7-19-20(12-18)32-10-9-31-19/h1-8,11-12,25H,9-10,13-14H2,(H,23,26)(H,24,27). The number of carbonyl (C=O) groups is 2. The van der Waals surface area contributed by atoms with Crippen LogP contribution in [0.15, 0.2) is 70.2 Å². The van der Waals surface area contributed by atoms with Crippen molar-refractivity contribution in [3.63, 3.8) is 0 Å². The molecule has 0 unspecified atom stereocenters. The second-order valence-electron chi connectivity index (χ2n) is 7.03. The molecule has 3 aromatic rings. The molecule has 2 aromatic carbocycles. The van der Waals surface area contributed by atoms with Crippen molar-refractivity contribution in [1.82, 2.24) is 10.6 Å². The average Bonchev–Trinajstić information content (AvgIpc) is 3.34. The van der Waals surface area contributed by atoms with Crippen molar-refractivity contribution in [3.8, 4) is 11.5 Å². The normalized spacial score (nSPS) is 12.6. The summed E-state index contributed by atoms with van der Waals surface area (Å²) in [6.45, 7) is 0.700. The first kappa shape index (κ1) is 22.2. The van der Waals surface area contributed by atoms with Crippen LogP contribution in [0.25, 0.3) is 0 Å². The molecule has 11 heteroatoms. The van der Waals surface area contributed by atoms with Crippen LogP contribution >= 0.6 is 0 Å². The van der Waals surface area contributed by atoms with Crippen molar-refractivity contribution in [2.24, 2.45) is 0 Å². The summed E-state index contributed by atoms with van der Waals surface area (Å²) in [6.07, 6.45) is 1.50. The van der Waals surface area contributed by atoms with Gasteiger partial charge in [0.05, 0.1) is 24.2 Å². The maximum absolute atomic E-state index is 12.8. The number of fused-ring (bicyclic) bond motifs is 1. The van der Waals surface area contributed by atoms with Gasteiger partial charge in [0, 0.05) is 17.3 Å². The van der Waals surface area contributed by atoms with E-state index in [1.807, 2.05) is 0 Å². The highest BCUT2D eigenvalue weighted by Gasteiger charge is 2.20. The van der Waals surface area contributed by atoms with Crippen molar-refractivity contribution in [1.29, 1.82) is 0 Å². The lowest BCUT2D eigenvalue weighted by atomic mass is 10.2. The number of benzene rings is 2. The molecule has 0 fully saturated rings. The van der Waals surface area contributed by atoms with Crippen LogP contribution in [0, 0.1) is 0 Å². The number of ether oxygens (including phenoxy) is 2. The van der Waals surface area contributed by atoms with Gasteiger partial charge in [0.15, 0.2) is 11.5 Å². The highest BCUT2D eigenvalue weighted by atomic mass is 32.2. The van der Waals surface area contributed by atoms with E-state index in [1.54, 1.807) is 12.1 Å². The zero-order valence-electron chi connectivity index (χ0n) is 17.4. The minimum absolute atomic E-state index is 0.00478. The third kappa shape index (κ3) is 5.63. The van der Waals surface area contributed by atoms with Gasteiger partial charge in [-0.25, -0.2) is 8.42 Å². The molecule has 0 saturated carbocycles. The Kier molecular flexibility index (Phi) is 6.50. The van der Waals surface area contributed by atoms with E-state index in [4.69, 9.17) is 13.9 Å². The lowest BCUT2D eigenvalue weighted by Crippen LogP contribution is -2.36. The Morgan fingerprint density at radius 3 is 2.52 bits per heavy atom. The number of carbonyl (C=O) groups excluding carboxylic acids is 2. The van der Waals surface area contributed by atoms with Crippen LogP contribution < -0.4 is 24.8 Å². The molecule has 0 spiro atoms. The van der Waals surface area contributed by atoms with E-state index in [0.717, 1.165) is 0 Å². The molecule has 1 aliphatic rings. The molecule has 1 aliphatic heterocycles. The van der Waals surface area contributed by atoms with Crippen LogP contribution in [0.1, 0.15) is 16.1 Å². The quantitative estimate of drug-likeness (QED) is 0.456. The number of rotatable bonds is 8. The summed E-state index contributed by atoms with van der Waals surface area (Å²) in [6, 6.07) is 13.7. The summed E-state index contributed by atoms with van der Waals surface area (Å²) in [5.41, 5.74) is 0.385. The summed E-state index contributed by atoms with van der Waals surface area (Å²) in [4.78, 5) is 24.3. The summed E-state index contributed by atoms with van der Waals surface area (Å²) in [5.74, 6) is 0.501. The molecule has 4 rings (SSSR count). The van der Waals surface area contributed by atoms with Crippen molar-refractivity contribution in [3.05, 3.63) is 72.2 Å². The first-order valence-electron chi connectivity index (χ1n) is 10.0. The molecule has 0 bridgehead atoms. The van der Waals surface area contributed by atoms with Gasteiger partial charge in [-0.1, -0.05) is 6.07 Å². The summed E-state index contributed by atoms with van der Waals surface area (Å²) >= 11 is 0. The largest absolute Gasteiger partial charge is 0.486 e. The third-order valence-corrected chi connectivity index (χ3v) is 6.03. The molecule has 1 aromatic heterocycles. The zero-order valence-corrected chi connectivity index (χ0v) is 18.2. The number of hydrogen-bond donors (Lipinski definition) is 3. The van der Waals surface area contributed by atoms with Gasteiger partial charge >= 0.3 is 0 Å². The van der Waals surface area contributed by atoms with Crippen LogP contribution in [0.3, 0.4) is 0 Å². The maximum atomic E-state index is 12.8. The first-order valence-corrected chi connectivity index (χ1v) is 11.5. The third-order valence-electron chi connectivity index (χ3n) is 4.65. The molecule has 172 valence electrons. The predicted octanol–water partition coefficient (Wildman–Crippen LogP) is 1.90. The first-order chi connectivity index (χ1) is 15.9. The van der Waals surface area contributed by atoms with E-state index >= 15 is 0 Å². The van der Waals surface area contributed by atoms with Crippen LogP contribution in [0.2, 0.25) is 0 Å². The fraction of sp³-hybridized carbons (Fsp3) is 0.182. The van der Waals surface area contributed by atoms with Crippen molar-refractivity contribution in [2.45, 2.75) is 11.4 Å². The molecular weight excluding hydrogens is 450 g/mol. The molecule has 2 amide bonds. The Labute approximate surface area is 189 Å². The number of furan rings is 1. The van der Waals surface area contributed by atoms with Gasteiger partial charge in [0.1, 0.15) is 19.0 Å². The molecule has 0 radical (unpaired) electrons. The van der Waals surface area contributed by atoms with Crippen LogP contribution in [0.5, 0.6) is 11.5 Å². The Morgan fingerprint density at radius 2 is 1.73 bits per heavy atom. The molecule has 0 aliphatic carbocycles. The number of anilines is 1. The highest BCUT2D eigenvalue weighted by Crippen LogP contribution is 2.32. The van der Waals surface area contributed by atoms with E-state index < -0.39 is 21.8 Å². The SMILES string of the molecule is O=C(CNC(=O)c1cccc(NS(=O)(=O)c2ccc3c(c2)OCCO3)c1)NCc1ccco1. The second kappa shape index (κ2) is 9.65. The minimum atomic E-state index is -3.93. The van der Waals surface area contributed by atoms with Gasteiger partial charge in [-0.3, -0.25) is 14.3 Å². The lowest BCUT2D eigenvalue weighted by Gasteiger charge is -2.19. The Bertz CT molecular complexity index is 1260. The lowest BCUT2D eigenvalue weighted by molar-refractivity contribution is -0.120. The number of sulfonamides is 1. The maximum Gasteiger partial charge on any atom is 0.262 e. The van der Waals surface area contributed by atoms with Gasteiger partial charge in [0.25, 0.3) is 15.9 Å². The smallest absolute Gasteiger partial charge is 0.262 e. The van der Waals surface area contributed by atoms with Crippen molar-refractivity contribution >= 4 is 27.5 Å². The highest BCUT2D eigenvalue weighted by molar-refractivity contribution is 7.92. The molecule has 3 N–H and O–H groups in total. The summed E-state index contributed by atoms with van der Waals surface area (Å²) in [7, 11) is -3.93. The number of nitrogens with one attached hydrogen (secondary N) is 3. The van der Waals surface area contributed by atoms with Gasteiger partial charge in [0.2, 0.25) is 5.91 Å². The number of hydrogen-bond acceptors (Lipinski definition) is 7. The molecule has 2 heterocycles. The van der Waals surface area contributed by atoms with E-state index in [-0.39, 0.29) is 29.2 Å². The topological polar surface area (TPSA) is 136 Å². The Morgan fingerprint density at radius 1 is 0.909 bits per heavy atom. The fourth-order valence-corrected chi connectivity index (χ4v) is 4.12. The van der Waals surface area contributed by atoms with Crippen LogP contribution in [-0.4, -0.2) is 40.0 Å². The van der Waals surface area contributed by atoms with E-state index in [1.165, 1.54) is 48.7 Å². The second-order valence-corrected chi connectivity index (χ2v) is 8.71. The van der Waals surface area contributed by atoms with Gasteiger partial charge in [-0.2, -0.15) is 0 Å². The number of amides is 2. The minimum Gasteiger partial charge on any atom is -0.486 e. The van der Waals surface area contributed by atoms with Gasteiger partial charge in [-0.15, -0.1) is 0 Å². The Balaban J connectivity index is 1.36. The monoisotopic (exact) mass is 471 g/mol. The molecule has 0 saturated heterocycles. The predicted molar refractivity (Wildman–Crippen MR) is 118 cm³/mol.